The molecule has 0 spiro atoms. The molecule has 0 radical (unpaired) electrons. The molecule has 1 atom stereocenters. The van der Waals surface area contributed by atoms with Gasteiger partial charge in [0.2, 0.25) is 0 Å². The number of halogens is 3. The van der Waals surface area contributed by atoms with Crippen LogP contribution in [0.15, 0.2) is 48.7 Å². The van der Waals surface area contributed by atoms with E-state index in [0.29, 0.717) is 26.4 Å². The largest absolute Gasteiger partial charge is 0.486 e. The quantitative estimate of drug-likeness (QED) is 0.483. The number of hydrogen-bond donors (Lipinski definition) is 1. The van der Waals surface area contributed by atoms with E-state index in [4.69, 9.17) is 39.5 Å². The zero-order valence-electron chi connectivity index (χ0n) is 16.0. The molecule has 152 valence electrons. The summed E-state index contributed by atoms with van der Waals surface area (Å²) in [4.78, 5) is 12.7. The van der Waals surface area contributed by atoms with Crippen LogP contribution < -0.4 is 10.1 Å². The summed E-state index contributed by atoms with van der Waals surface area (Å²) in [6.07, 6.45) is 1.73. The van der Waals surface area contributed by atoms with Gasteiger partial charge < -0.3 is 10.1 Å². The molecule has 1 amide bonds. The van der Waals surface area contributed by atoms with E-state index in [2.05, 4.69) is 10.4 Å². The molecule has 1 N–H and O–H groups in total. The summed E-state index contributed by atoms with van der Waals surface area (Å²) in [6, 6.07) is 12.1. The van der Waals surface area contributed by atoms with Crippen LogP contribution in [0.5, 0.6) is 5.75 Å². The summed E-state index contributed by atoms with van der Waals surface area (Å²) in [6.45, 7) is 4.89. The van der Waals surface area contributed by atoms with Gasteiger partial charge in [0.25, 0.3) is 5.91 Å². The Morgan fingerprint density at radius 2 is 1.90 bits per heavy atom. The maximum atomic E-state index is 12.7. The van der Waals surface area contributed by atoms with Gasteiger partial charge in [-0.1, -0.05) is 46.9 Å². The molecule has 5 nitrogen and oxygen atoms in total. The zero-order valence-corrected chi connectivity index (χ0v) is 18.2. The minimum Gasteiger partial charge on any atom is -0.486 e. The number of benzene rings is 2. The number of aryl methyl sites for hydroxylation is 1. The Kier molecular flexibility index (Phi) is 7.06. The van der Waals surface area contributed by atoms with Gasteiger partial charge in [-0.05, 0) is 49.7 Å². The standard InChI is InChI=1S/C21H20Cl3N3O2/c1-3-27-19(7-8-25-27)13(2)26-21(28)15-6-4-5-14(9-15)12-29-20-17(23)10-16(22)11-18(20)24/h4-11,13H,3,12H2,1-2H3,(H,26,28). The molecule has 3 aromatic rings. The number of nitrogens with one attached hydrogen (secondary N) is 1. The minimum absolute atomic E-state index is 0.170. The first-order chi connectivity index (χ1) is 13.9. The predicted molar refractivity (Wildman–Crippen MR) is 116 cm³/mol. The first-order valence-corrected chi connectivity index (χ1v) is 10.2. The fourth-order valence-corrected chi connectivity index (χ4v) is 3.88. The van der Waals surface area contributed by atoms with E-state index in [1.807, 2.05) is 30.7 Å². The van der Waals surface area contributed by atoms with Crippen LogP contribution in [0.1, 0.15) is 41.5 Å². The maximum Gasteiger partial charge on any atom is 0.251 e. The Morgan fingerprint density at radius 3 is 2.59 bits per heavy atom. The van der Waals surface area contributed by atoms with E-state index in [1.54, 1.807) is 36.5 Å². The first kappa shape index (κ1) is 21.5. The molecule has 0 bridgehead atoms. The minimum atomic E-state index is -0.175. The SMILES string of the molecule is CCn1nccc1C(C)NC(=O)c1cccc(COc2c(Cl)cc(Cl)cc2Cl)c1. The lowest BCUT2D eigenvalue weighted by atomic mass is 10.1. The molecule has 0 saturated carbocycles. The highest BCUT2D eigenvalue weighted by Crippen LogP contribution is 2.36. The number of carbonyl (C=O) groups is 1. The molecule has 1 aromatic heterocycles. The van der Waals surface area contributed by atoms with Gasteiger partial charge >= 0.3 is 0 Å². The number of hydrogen-bond acceptors (Lipinski definition) is 3. The Labute approximate surface area is 184 Å². The monoisotopic (exact) mass is 451 g/mol. The van der Waals surface area contributed by atoms with Gasteiger partial charge in [0.15, 0.2) is 5.75 Å². The predicted octanol–water partition coefficient (Wildman–Crippen LogP) is 5.93. The molecule has 29 heavy (non-hydrogen) atoms. The van der Waals surface area contributed by atoms with Crippen molar-refractivity contribution in [1.82, 2.24) is 15.1 Å². The summed E-state index contributed by atoms with van der Waals surface area (Å²) in [5, 5.41) is 8.34. The molecule has 0 aliphatic heterocycles. The van der Waals surface area contributed by atoms with Crippen LogP contribution in [0, 0.1) is 0 Å². The van der Waals surface area contributed by atoms with E-state index < -0.39 is 0 Å². The molecule has 0 aliphatic rings. The van der Waals surface area contributed by atoms with Crippen molar-refractivity contribution in [1.29, 1.82) is 0 Å². The smallest absolute Gasteiger partial charge is 0.251 e. The van der Waals surface area contributed by atoms with Crippen molar-refractivity contribution in [2.75, 3.05) is 0 Å². The van der Waals surface area contributed by atoms with E-state index in [0.717, 1.165) is 17.8 Å². The fraction of sp³-hybridized carbons (Fsp3) is 0.238. The van der Waals surface area contributed by atoms with Crippen LogP contribution in [0.3, 0.4) is 0 Å². The second-order valence-corrected chi connectivity index (χ2v) is 7.71. The van der Waals surface area contributed by atoms with Crippen molar-refractivity contribution in [2.45, 2.75) is 33.0 Å². The Balaban J connectivity index is 1.68. The van der Waals surface area contributed by atoms with Crippen LogP contribution in [-0.2, 0) is 13.2 Å². The number of amides is 1. The third-order valence-electron chi connectivity index (χ3n) is 4.38. The van der Waals surface area contributed by atoms with Gasteiger partial charge in [-0.2, -0.15) is 5.10 Å². The van der Waals surface area contributed by atoms with E-state index in [9.17, 15) is 4.79 Å². The molecular weight excluding hydrogens is 433 g/mol. The molecule has 3 rings (SSSR count). The van der Waals surface area contributed by atoms with Crippen molar-refractivity contribution >= 4 is 40.7 Å². The van der Waals surface area contributed by atoms with Crippen LogP contribution >= 0.6 is 34.8 Å². The number of rotatable bonds is 7. The summed E-state index contributed by atoms with van der Waals surface area (Å²) < 4.78 is 7.60. The summed E-state index contributed by atoms with van der Waals surface area (Å²) >= 11 is 18.2. The van der Waals surface area contributed by atoms with E-state index >= 15 is 0 Å². The molecule has 8 heteroatoms. The molecule has 1 heterocycles. The Morgan fingerprint density at radius 1 is 1.17 bits per heavy atom. The van der Waals surface area contributed by atoms with Gasteiger partial charge in [-0.25, -0.2) is 0 Å². The number of carbonyl (C=O) groups excluding carboxylic acids is 1. The third kappa shape index (κ3) is 5.24. The van der Waals surface area contributed by atoms with Crippen LogP contribution in [-0.4, -0.2) is 15.7 Å². The van der Waals surface area contributed by atoms with Gasteiger partial charge in [0, 0.05) is 23.3 Å². The third-order valence-corrected chi connectivity index (χ3v) is 5.16. The lowest BCUT2D eigenvalue weighted by Gasteiger charge is -2.16. The van der Waals surface area contributed by atoms with Crippen molar-refractivity contribution in [3.05, 3.63) is 80.6 Å². The van der Waals surface area contributed by atoms with E-state index in [1.165, 1.54) is 0 Å². The molecule has 0 aliphatic carbocycles. The molecule has 1 unspecified atom stereocenters. The second-order valence-electron chi connectivity index (χ2n) is 6.45. The highest BCUT2D eigenvalue weighted by molar-refractivity contribution is 6.40. The number of ether oxygens (including phenoxy) is 1. The second kappa shape index (κ2) is 9.53. The van der Waals surface area contributed by atoms with Crippen LogP contribution in [0.25, 0.3) is 0 Å². The van der Waals surface area contributed by atoms with E-state index in [-0.39, 0.29) is 18.6 Å². The average Bonchev–Trinajstić information content (AvgIpc) is 3.16. The lowest BCUT2D eigenvalue weighted by molar-refractivity contribution is 0.0938. The van der Waals surface area contributed by atoms with Crippen LogP contribution in [0.2, 0.25) is 15.1 Å². The highest BCUT2D eigenvalue weighted by atomic mass is 35.5. The van der Waals surface area contributed by atoms with Crippen molar-refractivity contribution in [2.24, 2.45) is 0 Å². The molecule has 0 fully saturated rings. The normalized spacial score (nSPS) is 11.9. The topological polar surface area (TPSA) is 56.2 Å². The Bertz CT molecular complexity index is 997. The summed E-state index contributed by atoms with van der Waals surface area (Å²) in [5.41, 5.74) is 2.30. The van der Waals surface area contributed by atoms with Gasteiger partial charge in [0.05, 0.1) is 21.8 Å². The maximum absolute atomic E-state index is 12.7. The highest BCUT2D eigenvalue weighted by Gasteiger charge is 2.15. The molecule has 0 saturated heterocycles. The average molecular weight is 453 g/mol. The lowest BCUT2D eigenvalue weighted by Crippen LogP contribution is -2.28. The van der Waals surface area contributed by atoms with Gasteiger partial charge in [-0.15, -0.1) is 0 Å². The fourth-order valence-electron chi connectivity index (χ4n) is 2.95. The first-order valence-electron chi connectivity index (χ1n) is 9.08. The number of nitrogens with zero attached hydrogens (tertiary/aromatic N) is 2. The molecular formula is C21H20Cl3N3O2. The summed E-state index contributed by atoms with van der Waals surface area (Å²) in [5.74, 6) is 0.180. The van der Waals surface area contributed by atoms with Crippen molar-refractivity contribution < 1.29 is 9.53 Å². The van der Waals surface area contributed by atoms with Crippen molar-refractivity contribution in [3.63, 3.8) is 0 Å². The Hall–Kier alpha value is -2.21. The van der Waals surface area contributed by atoms with Crippen molar-refractivity contribution in [3.8, 4) is 5.75 Å². The molecule has 2 aromatic carbocycles. The zero-order chi connectivity index (χ0) is 21.0. The number of aromatic nitrogens is 2. The van der Waals surface area contributed by atoms with Gasteiger partial charge in [-0.3, -0.25) is 9.48 Å². The summed E-state index contributed by atoms with van der Waals surface area (Å²) in [7, 11) is 0. The van der Waals surface area contributed by atoms with Gasteiger partial charge in [0.1, 0.15) is 6.61 Å². The van der Waals surface area contributed by atoms with Crippen LogP contribution in [0.4, 0.5) is 0 Å².